The Morgan fingerprint density at radius 1 is 1.19 bits per heavy atom. The molecule has 1 aliphatic carbocycles. The molecule has 1 aliphatic heterocycles. The molecule has 3 rings (SSSR count). The molecule has 0 spiro atoms. The Bertz CT molecular complexity index is 480. The number of ether oxygens (including phenoxy) is 2. The van der Waals surface area contributed by atoms with Crippen molar-refractivity contribution in [1.29, 1.82) is 0 Å². The molecule has 0 radical (unpaired) electrons. The summed E-state index contributed by atoms with van der Waals surface area (Å²) in [6.45, 7) is 3.74. The van der Waals surface area contributed by atoms with Gasteiger partial charge < -0.3 is 14.8 Å². The molecule has 116 valence electrons. The second-order valence-corrected chi connectivity index (χ2v) is 7.15. The normalized spacial score (nSPS) is 26.4. The Balaban J connectivity index is 1.64. The second kappa shape index (κ2) is 6.93. The molecule has 1 fully saturated rings. The van der Waals surface area contributed by atoms with Crippen LogP contribution in [0, 0.1) is 0 Å². The van der Waals surface area contributed by atoms with Gasteiger partial charge >= 0.3 is 0 Å². The van der Waals surface area contributed by atoms with Crippen LogP contribution in [0.25, 0.3) is 0 Å². The van der Waals surface area contributed by atoms with Crippen LogP contribution in [-0.2, 0) is 0 Å². The quantitative estimate of drug-likeness (QED) is 0.917. The summed E-state index contributed by atoms with van der Waals surface area (Å²) in [5.74, 6) is 1.78. The zero-order valence-corrected chi connectivity index (χ0v) is 13.7. The van der Waals surface area contributed by atoms with Crippen LogP contribution >= 0.6 is 11.8 Å². The zero-order chi connectivity index (χ0) is 14.7. The maximum absolute atomic E-state index is 5.79. The maximum Gasteiger partial charge on any atom is 0.161 e. The third-order valence-corrected chi connectivity index (χ3v) is 5.57. The summed E-state index contributed by atoms with van der Waals surface area (Å²) in [5.41, 5.74) is 1.28. The van der Waals surface area contributed by atoms with Crippen molar-refractivity contribution >= 4 is 11.8 Å². The first kappa shape index (κ1) is 15.0. The van der Waals surface area contributed by atoms with Crippen LogP contribution in [0.15, 0.2) is 18.2 Å². The van der Waals surface area contributed by atoms with Gasteiger partial charge in [-0.2, -0.15) is 11.8 Å². The van der Waals surface area contributed by atoms with Gasteiger partial charge in [-0.15, -0.1) is 0 Å². The Hall–Kier alpha value is -0.870. The molecule has 4 heteroatoms. The minimum Gasteiger partial charge on any atom is -0.490 e. The van der Waals surface area contributed by atoms with Crippen molar-refractivity contribution in [2.75, 3.05) is 19.5 Å². The Morgan fingerprint density at radius 3 is 2.76 bits per heavy atom. The Kier molecular flexibility index (Phi) is 4.96. The molecule has 1 saturated carbocycles. The van der Waals surface area contributed by atoms with Crippen molar-refractivity contribution in [3.8, 4) is 11.5 Å². The predicted molar refractivity (Wildman–Crippen MR) is 88.5 cm³/mol. The third-order valence-electron chi connectivity index (χ3n) is 4.48. The molecule has 1 aromatic carbocycles. The van der Waals surface area contributed by atoms with E-state index in [1.54, 1.807) is 0 Å². The third kappa shape index (κ3) is 3.67. The minimum atomic E-state index is 0.354. The fraction of sp³-hybridized carbons (Fsp3) is 0.647. The van der Waals surface area contributed by atoms with Crippen LogP contribution in [0.3, 0.4) is 0 Å². The van der Waals surface area contributed by atoms with E-state index in [1.165, 1.54) is 24.8 Å². The highest BCUT2D eigenvalue weighted by atomic mass is 32.2. The van der Waals surface area contributed by atoms with E-state index in [1.807, 2.05) is 17.8 Å². The summed E-state index contributed by atoms with van der Waals surface area (Å²) in [6, 6.07) is 7.35. The van der Waals surface area contributed by atoms with Crippen molar-refractivity contribution in [3.05, 3.63) is 23.8 Å². The number of benzene rings is 1. The lowest BCUT2D eigenvalue weighted by Gasteiger charge is -2.21. The molecule has 0 aromatic heterocycles. The smallest absolute Gasteiger partial charge is 0.161 e. The summed E-state index contributed by atoms with van der Waals surface area (Å²) in [5, 5.41) is 4.60. The summed E-state index contributed by atoms with van der Waals surface area (Å²) in [6.07, 6.45) is 7.10. The SMILES string of the molecule is CSC1CCC(NC(C)c2ccc3c(c2)OCCCO3)C1. The van der Waals surface area contributed by atoms with Gasteiger partial charge in [0, 0.05) is 23.8 Å². The average molecular weight is 307 g/mol. The number of nitrogens with one attached hydrogen (secondary N) is 1. The van der Waals surface area contributed by atoms with Gasteiger partial charge in [-0.3, -0.25) is 0 Å². The van der Waals surface area contributed by atoms with Gasteiger partial charge in [0.15, 0.2) is 11.5 Å². The standard InChI is InChI=1S/C17H25NO2S/c1-12(18-14-5-6-15(11-14)21-2)13-4-7-16-17(10-13)20-9-3-8-19-16/h4,7,10,12,14-15,18H,3,5-6,8-9,11H2,1-2H3. The molecule has 1 N–H and O–H groups in total. The lowest BCUT2D eigenvalue weighted by atomic mass is 10.1. The van der Waals surface area contributed by atoms with Gasteiger partial charge in [-0.25, -0.2) is 0 Å². The molecule has 3 atom stereocenters. The van der Waals surface area contributed by atoms with Gasteiger partial charge in [0.2, 0.25) is 0 Å². The second-order valence-electron chi connectivity index (χ2n) is 6.01. The van der Waals surface area contributed by atoms with Crippen molar-refractivity contribution in [1.82, 2.24) is 5.32 Å². The maximum atomic E-state index is 5.79. The largest absolute Gasteiger partial charge is 0.490 e. The van der Waals surface area contributed by atoms with Crippen LogP contribution in [0.4, 0.5) is 0 Å². The molecular formula is C17H25NO2S. The van der Waals surface area contributed by atoms with Gasteiger partial charge in [0.05, 0.1) is 13.2 Å². The van der Waals surface area contributed by atoms with Gasteiger partial charge in [-0.1, -0.05) is 6.07 Å². The van der Waals surface area contributed by atoms with Crippen LogP contribution in [0.2, 0.25) is 0 Å². The summed E-state index contributed by atoms with van der Waals surface area (Å²) in [7, 11) is 0. The average Bonchev–Trinajstić information content (AvgIpc) is 2.82. The lowest BCUT2D eigenvalue weighted by molar-refractivity contribution is 0.297. The highest BCUT2D eigenvalue weighted by Gasteiger charge is 2.25. The molecule has 0 saturated heterocycles. The summed E-state index contributed by atoms with van der Waals surface area (Å²) < 4.78 is 11.5. The molecule has 2 aliphatic rings. The van der Waals surface area contributed by atoms with Gasteiger partial charge in [0.1, 0.15) is 0 Å². The predicted octanol–water partition coefficient (Wildman–Crippen LogP) is 3.78. The molecule has 0 bridgehead atoms. The highest BCUT2D eigenvalue weighted by molar-refractivity contribution is 7.99. The first-order valence-electron chi connectivity index (χ1n) is 7.94. The molecular weight excluding hydrogens is 282 g/mol. The van der Waals surface area contributed by atoms with Crippen LogP contribution in [-0.4, -0.2) is 30.8 Å². The summed E-state index contributed by atoms with van der Waals surface area (Å²) in [4.78, 5) is 0. The Labute approximate surface area is 131 Å². The number of rotatable bonds is 4. The van der Waals surface area contributed by atoms with Crippen molar-refractivity contribution in [2.45, 2.75) is 49.9 Å². The van der Waals surface area contributed by atoms with Crippen molar-refractivity contribution in [3.63, 3.8) is 0 Å². The van der Waals surface area contributed by atoms with Crippen LogP contribution < -0.4 is 14.8 Å². The number of hydrogen-bond donors (Lipinski definition) is 1. The van der Waals surface area contributed by atoms with E-state index < -0.39 is 0 Å². The van der Waals surface area contributed by atoms with E-state index in [2.05, 4.69) is 30.6 Å². The molecule has 0 amide bonds. The molecule has 21 heavy (non-hydrogen) atoms. The van der Waals surface area contributed by atoms with E-state index in [0.717, 1.165) is 36.4 Å². The van der Waals surface area contributed by atoms with Gasteiger partial charge in [-0.05, 0) is 50.1 Å². The van der Waals surface area contributed by atoms with E-state index >= 15 is 0 Å². The molecule has 3 unspecified atom stereocenters. The van der Waals surface area contributed by atoms with Crippen molar-refractivity contribution in [2.24, 2.45) is 0 Å². The molecule has 3 nitrogen and oxygen atoms in total. The lowest BCUT2D eigenvalue weighted by Crippen LogP contribution is -2.29. The van der Waals surface area contributed by atoms with Crippen LogP contribution in [0.1, 0.15) is 44.2 Å². The highest BCUT2D eigenvalue weighted by Crippen LogP contribution is 2.34. The van der Waals surface area contributed by atoms with E-state index in [9.17, 15) is 0 Å². The van der Waals surface area contributed by atoms with E-state index in [-0.39, 0.29) is 0 Å². The number of thioether (sulfide) groups is 1. The topological polar surface area (TPSA) is 30.5 Å². The number of hydrogen-bond acceptors (Lipinski definition) is 4. The van der Waals surface area contributed by atoms with Crippen LogP contribution in [0.5, 0.6) is 11.5 Å². The molecule has 1 aromatic rings. The van der Waals surface area contributed by atoms with E-state index in [0.29, 0.717) is 12.1 Å². The first-order chi connectivity index (χ1) is 10.3. The first-order valence-corrected chi connectivity index (χ1v) is 9.23. The fourth-order valence-corrected chi connectivity index (χ4v) is 4.00. The zero-order valence-electron chi connectivity index (χ0n) is 12.9. The summed E-state index contributed by atoms with van der Waals surface area (Å²) >= 11 is 2.00. The number of fused-ring (bicyclic) bond motifs is 1. The monoisotopic (exact) mass is 307 g/mol. The fourth-order valence-electron chi connectivity index (χ4n) is 3.20. The van der Waals surface area contributed by atoms with Crippen molar-refractivity contribution < 1.29 is 9.47 Å². The van der Waals surface area contributed by atoms with E-state index in [4.69, 9.17) is 9.47 Å². The van der Waals surface area contributed by atoms with Gasteiger partial charge in [0.25, 0.3) is 0 Å². The minimum absolute atomic E-state index is 0.354. The molecule has 1 heterocycles. The Morgan fingerprint density at radius 2 is 2.00 bits per heavy atom.